The first-order valence-electron chi connectivity index (χ1n) is 8.51. The summed E-state index contributed by atoms with van der Waals surface area (Å²) in [6.45, 7) is 5.79. The van der Waals surface area contributed by atoms with E-state index in [2.05, 4.69) is 22.9 Å². The molecule has 2 aromatic rings. The smallest absolute Gasteiger partial charge is 0.160 e. The standard InChI is InChI=1S/C19H20ClN3OS/c1-3-24-16-8-7-13(10-14(16)20)18-17(15-6-4-5-9-21-15)22-19-23(18)11-12(2)25-19/h4-10,12,17-18H,3,11H2,1-2H3/t12-,17-,18-/m1/s1. The predicted octanol–water partition coefficient (Wildman–Crippen LogP) is 4.72. The van der Waals surface area contributed by atoms with Crippen LogP contribution in [0.3, 0.4) is 0 Å². The minimum atomic E-state index is -0.00906. The summed E-state index contributed by atoms with van der Waals surface area (Å²) in [6, 6.07) is 12.2. The van der Waals surface area contributed by atoms with Gasteiger partial charge in [0.15, 0.2) is 5.17 Å². The van der Waals surface area contributed by atoms with Crippen molar-refractivity contribution in [2.75, 3.05) is 13.2 Å². The third-order valence-electron chi connectivity index (χ3n) is 4.48. The van der Waals surface area contributed by atoms with Crippen LogP contribution >= 0.6 is 23.4 Å². The van der Waals surface area contributed by atoms with Crippen molar-refractivity contribution in [2.24, 2.45) is 4.99 Å². The highest BCUT2D eigenvalue weighted by Gasteiger charge is 2.43. The van der Waals surface area contributed by atoms with Gasteiger partial charge in [-0.2, -0.15) is 0 Å². The summed E-state index contributed by atoms with van der Waals surface area (Å²) in [5.74, 6) is 0.727. The topological polar surface area (TPSA) is 37.7 Å². The number of aromatic nitrogens is 1. The molecule has 0 spiro atoms. The Balaban J connectivity index is 1.73. The van der Waals surface area contributed by atoms with Gasteiger partial charge in [0.1, 0.15) is 11.8 Å². The summed E-state index contributed by atoms with van der Waals surface area (Å²) >= 11 is 8.29. The number of nitrogens with zero attached hydrogens (tertiary/aromatic N) is 3. The molecule has 3 atom stereocenters. The summed E-state index contributed by atoms with van der Waals surface area (Å²) in [5.41, 5.74) is 2.14. The number of fused-ring (bicyclic) bond motifs is 1. The molecule has 6 heteroatoms. The summed E-state index contributed by atoms with van der Waals surface area (Å²) < 4.78 is 5.58. The highest BCUT2D eigenvalue weighted by Crippen LogP contribution is 2.48. The number of thioether (sulfide) groups is 1. The van der Waals surface area contributed by atoms with Gasteiger partial charge in [-0.15, -0.1) is 0 Å². The number of aliphatic imine (C=N–C) groups is 1. The molecule has 25 heavy (non-hydrogen) atoms. The molecule has 130 valence electrons. The van der Waals surface area contributed by atoms with Crippen LogP contribution in [0, 0.1) is 0 Å². The molecular weight excluding hydrogens is 354 g/mol. The largest absolute Gasteiger partial charge is 0.492 e. The van der Waals surface area contributed by atoms with Crippen molar-refractivity contribution in [3.05, 3.63) is 58.9 Å². The summed E-state index contributed by atoms with van der Waals surface area (Å²) in [6.07, 6.45) is 1.83. The van der Waals surface area contributed by atoms with Crippen LogP contribution in [0.25, 0.3) is 0 Å². The number of ether oxygens (including phenoxy) is 1. The fourth-order valence-corrected chi connectivity index (χ4v) is 4.79. The van der Waals surface area contributed by atoms with Gasteiger partial charge >= 0.3 is 0 Å². The van der Waals surface area contributed by atoms with E-state index in [4.69, 9.17) is 21.3 Å². The van der Waals surface area contributed by atoms with Crippen LogP contribution in [0.1, 0.15) is 37.2 Å². The molecular formula is C19H20ClN3OS. The summed E-state index contributed by atoms with van der Waals surface area (Å²) in [4.78, 5) is 11.9. The average Bonchev–Trinajstić information content (AvgIpc) is 3.13. The molecule has 0 bridgehead atoms. The molecule has 0 aliphatic carbocycles. The van der Waals surface area contributed by atoms with Gasteiger partial charge in [-0.05, 0) is 36.8 Å². The van der Waals surface area contributed by atoms with Gasteiger partial charge in [0, 0.05) is 18.0 Å². The fourth-order valence-electron chi connectivity index (χ4n) is 3.45. The monoisotopic (exact) mass is 373 g/mol. The molecule has 1 aromatic carbocycles. The van der Waals surface area contributed by atoms with Gasteiger partial charge < -0.3 is 9.64 Å². The van der Waals surface area contributed by atoms with E-state index in [0.29, 0.717) is 16.9 Å². The number of benzene rings is 1. The van der Waals surface area contributed by atoms with Gasteiger partial charge in [-0.3, -0.25) is 9.98 Å². The van der Waals surface area contributed by atoms with Crippen molar-refractivity contribution in [3.63, 3.8) is 0 Å². The Kier molecular flexibility index (Phi) is 4.61. The van der Waals surface area contributed by atoms with E-state index >= 15 is 0 Å². The normalized spacial score (nSPS) is 25.0. The molecule has 2 aliphatic rings. The lowest BCUT2D eigenvalue weighted by atomic mass is 9.96. The highest BCUT2D eigenvalue weighted by atomic mass is 35.5. The lowest BCUT2D eigenvalue weighted by Crippen LogP contribution is -2.28. The Morgan fingerprint density at radius 2 is 2.20 bits per heavy atom. The average molecular weight is 374 g/mol. The molecule has 4 nitrogen and oxygen atoms in total. The summed E-state index contributed by atoms with van der Waals surface area (Å²) in [7, 11) is 0. The Morgan fingerprint density at radius 1 is 1.32 bits per heavy atom. The molecule has 0 radical (unpaired) electrons. The van der Waals surface area contributed by atoms with Crippen molar-refractivity contribution in [1.29, 1.82) is 0 Å². The number of hydrogen-bond acceptors (Lipinski definition) is 5. The second kappa shape index (κ2) is 6.89. The lowest BCUT2D eigenvalue weighted by Gasteiger charge is -2.27. The van der Waals surface area contributed by atoms with Crippen molar-refractivity contribution in [2.45, 2.75) is 31.2 Å². The van der Waals surface area contributed by atoms with E-state index in [1.54, 1.807) is 0 Å². The van der Waals surface area contributed by atoms with E-state index in [0.717, 1.165) is 28.7 Å². The van der Waals surface area contributed by atoms with Crippen LogP contribution < -0.4 is 4.74 Å². The Morgan fingerprint density at radius 3 is 2.92 bits per heavy atom. The first kappa shape index (κ1) is 16.7. The van der Waals surface area contributed by atoms with Crippen LogP contribution in [-0.2, 0) is 0 Å². The van der Waals surface area contributed by atoms with Gasteiger partial charge in [-0.1, -0.05) is 42.4 Å². The van der Waals surface area contributed by atoms with Crippen LogP contribution in [0.15, 0.2) is 47.6 Å². The summed E-state index contributed by atoms with van der Waals surface area (Å²) in [5, 5.41) is 2.30. The molecule has 0 amide bonds. The molecule has 4 rings (SSSR count). The third kappa shape index (κ3) is 3.11. The fraction of sp³-hybridized carbons (Fsp3) is 0.368. The SMILES string of the molecule is CCOc1ccc([C@@H]2[C@@H](c3ccccn3)N=C3S[C@H](C)CN32)cc1Cl. The molecule has 0 unspecified atom stereocenters. The molecule has 0 N–H and O–H groups in total. The van der Waals surface area contributed by atoms with E-state index in [1.165, 1.54) is 0 Å². The zero-order chi connectivity index (χ0) is 17.4. The first-order valence-corrected chi connectivity index (χ1v) is 9.77. The van der Waals surface area contributed by atoms with Gasteiger partial charge in [0.2, 0.25) is 0 Å². The maximum atomic E-state index is 6.45. The van der Waals surface area contributed by atoms with Crippen LogP contribution in [0.5, 0.6) is 5.75 Å². The van der Waals surface area contributed by atoms with Gasteiger partial charge in [0.05, 0.1) is 23.4 Å². The maximum absolute atomic E-state index is 6.45. The van der Waals surface area contributed by atoms with E-state index in [-0.39, 0.29) is 12.1 Å². The molecule has 3 heterocycles. The second-order valence-corrected chi connectivity index (χ2v) is 8.07. The maximum Gasteiger partial charge on any atom is 0.160 e. The Bertz CT molecular complexity index is 799. The van der Waals surface area contributed by atoms with Gasteiger partial charge in [-0.25, -0.2) is 0 Å². The third-order valence-corrected chi connectivity index (χ3v) is 5.88. The molecule has 2 aliphatic heterocycles. The minimum Gasteiger partial charge on any atom is -0.492 e. The molecule has 1 aromatic heterocycles. The second-order valence-electron chi connectivity index (χ2n) is 6.26. The number of pyridine rings is 1. The molecule has 0 saturated carbocycles. The van der Waals surface area contributed by atoms with E-state index in [9.17, 15) is 0 Å². The lowest BCUT2D eigenvalue weighted by molar-refractivity contribution is 0.319. The van der Waals surface area contributed by atoms with Crippen molar-refractivity contribution in [3.8, 4) is 5.75 Å². The number of halogens is 1. The Labute approximate surface area is 157 Å². The zero-order valence-corrected chi connectivity index (χ0v) is 15.8. The quantitative estimate of drug-likeness (QED) is 0.776. The highest BCUT2D eigenvalue weighted by molar-refractivity contribution is 8.14. The van der Waals surface area contributed by atoms with E-state index < -0.39 is 0 Å². The Hall–Kier alpha value is -1.72. The van der Waals surface area contributed by atoms with E-state index in [1.807, 2.05) is 55.2 Å². The molecule has 1 saturated heterocycles. The van der Waals surface area contributed by atoms with Gasteiger partial charge in [0.25, 0.3) is 0 Å². The number of rotatable bonds is 4. The first-order chi connectivity index (χ1) is 12.2. The van der Waals surface area contributed by atoms with Crippen LogP contribution in [0.2, 0.25) is 5.02 Å². The van der Waals surface area contributed by atoms with Crippen molar-refractivity contribution in [1.82, 2.24) is 9.88 Å². The van der Waals surface area contributed by atoms with Crippen LogP contribution in [-0.4, -0.2) is 33.5 Å². The minimum absolute atomic E-state index is 0.00906. The van der Waals surface area contributed by atoms with Crippen molar-refractivity contribution >= 4 is 28.5 Å². The zero-order valence-electron chi connectivity index (χ0n) is 14.2. The number of amidine groups is 1. The van der Waals surface area contributed by atoms with Crippen molar-refractivity contribution < 1.29 is 4.74 Å². The molecule has 1 fully saturated rings. The number of hydrogen-bond donors (Lipinski definition) is 0. The van der Waals surface area contributed by atoms with Crippen LogP contribution in [0.4, 0.5) is 0 Å². The predicted molar refractivity (Wildman–Crippen MR) is 104 cm³/mol.